The van der Waals surface area contributed by atoms with Crippen molar-refractivity contribution in [2.75, 3.05) is 32.6 Å². The van der Waals surface area contributed by atoms with E-state index in [4.69, 9.17) is 14.2 Å². The zero-order chi connectivity index (χ0) is 29.2. The van der Waals surface area contributed by atoms with E-state index >= 15 is 0 Å². The molecule has 222 valence electrons. The van der Waals surface area contributed by atoms with Crippen molar-refractivity contribution in [2.45, 2.75) is 58.9 Å². The number of rotatable bonds is 13. The Labute approximate surface area is 246 Å². The molecule has 0 amide bonds. The molecule has 0 radical (unpaired) electrons. The Morgan fingerprint density at radius 2 is 2.02 bits per heavy atom. The van der Waals surface area contributed by atoms with E-state index in [9.17, 15) is 13.6 Å². The van der Waals surface area contributed by atoms with Gasteiger partial charge in [-0.25, -0.2) is 0 Å². The van der Waals surface area contributed by atoms with Crippen molar-refractivity contribution in [3.8, 4) is 16.9 Å². The predicted molar refractivity (Wildman–Crippen MR) is 161 cm³/mol. The van der Waals surface area contributed by atoms with Crippen LogP contribution >= 0.6 is 0 Å². The number of methoxy groups -OCH3 is 1. The highest BCUT2D eigenvalue weighted by atomic mass is 32.2. The largest absolute Gasteiger partial charge is 0.772 e. The van der Waals surface area contributed by atoms with Gasteiger partial charge in [0.1, 0.15) is 11.5 Å². The molecule has 3 unspecified atom stereocenters. The Morgan fingerprint density at radius 1 is 1.20 bits per heavy atom. The average Bonchev–Trinajstić information content (AvgIpc) is 3.26. The van der Waals surface area contributed by atoms with Gasteiger partial charge < -0.3 is 24.1 Å². The lowest BCUT2D eigenvalue weighted by molar-refractivity contribution is -0.141. The minimum Gasteiger partial charge on any atom is -0.772 e. The van der Waals surface area contributed by atoms with Gasteiger partial charge in [-0.05, 0) is 96.2 Å². The van der Waals surface area contributed by atoms with Gasteiger partial charge >= 0.3 is 5.97 Å². The summed E-state index contributed by atoms with van der Waals surface area (Å²) in [7, 11) is 1.41. The molecule has 41 heavy (non-hydrogen) atoms. The number of carbonyl (C=O) groups is 1. The van der Waals surface area contributed by atoms with Gasteiger partial charge in [-0.1, -0.05) is 48.7 Å². The van der Waals surface area contributed by atoms with Crippen LogP contribution < -0.4 is 10.1 Å². The second kappa shape index (κ2) is 15.3. The van der Waals surface area contributed by atoms with Gasteiger partial charge in [-0.15, -0.1) is 0 Å². The Balaban J connectivity index is 1.38. The van der Waals surface area contributed by atoms with Crippen molar-refractivity contribution >= 4 is 17.0 Å². The normalized spacial score (nSPS) is 19.7. The maximum Gasteiger partial charge on any atom is 0.306 e. The van der Waals surface area contributed by atoms with Gasteiger partial charge in [-0.3, -0.25) is 9.00 Å². The van der Waals surface area contributed by atoms with Gasteiger partial charge in [0, 0.05) is 24.8 Å². The third kappa shape index (κ3) is 8.53. The monoisotopic (exact) mass is 580 g/mol. The smallest absolute Gasteiger partial charge is 0.306 e. The van der Waals surface area contributed by atoms with Crippen molar-refractivity contribution < 1.29 is 27.8 Å². The minimum atomic E-state index is -2.01. The highest BCUT2D eigenvalue weighted by Gasteiger charge is 2.28. The first kappa shape index (κ1) is 31.0. The van der Waals surface area contributed by atoms with E-state index < -0.39 is 11.1 Å². The fourth-order valence-electron chi connectivity index (χ4n) is 5.64. The number of carbonyl (C=O) groups excluding carboxylic acids is 1. The Kier molecular flexibility index (Phi) is 11.6. The summed E-state index contributed by atoms with van der Waals surface area (Å²) in [6.45, 7) is 6.47. The van der Waals surface area contributed by atoms with Crippen LogP contribution in [0.4, 0.5) is 0 Å². The molecule has 7 nitrogen and oxygen atoms in total. The van der Waals surface area contributed by atoms with E-state index in [0.717, 1.165) is 49.3 Å². The number of ether oxygens (including phenoxy) is 3. The molecule has 1 aliphatic heterocycles. The molecule has 0 saturated carbocycles. The lowest BCUT2D eigenvalue weighted by Crippen LogP contribution is -2.14. The molecule has 2 aliphatic rings. The zero-order valence-electron chi connectivity index (χ0n) is 24.4. The first-order valence-electron chi connectivity index (χ1n) is 14.6. The number of esters is 1. The molecule has 3 atom stereocenters. The van der Waals surface area contributed by atoms with Crippen LogP contribution in [0.25, 0.3) is 11.1 Å². The van der Waals surface area contributed by atoms with Gasteiger partial charge in [-0.2, -0.15) is 0 Å². The van der Waals surface area contributed by atoms with E-state index in [1.54, 1.807) is 0 Å². The summed E-state index contributed by atoms with van der Waals surface area (Å²) < 4.78 is 38.7. The highest BCUT2D eigenvalue weighted by Crippen LogP contribution is 2.36. The van der Waals surface area contributed by atoms with E-state index in [2.05, 4.69) is 48.6 Å². The molecule has 1 heterocycles. The molecule has 1 aliphatic carbocycles. The summed E-state index contributed by atoms with van der Waals surface area (Å²) in [5.41, 5.74) is 7.49. The number of hydrogen-bond acceptors (Lipinski definition) is 7. The maximum absolute atomic E-state index is 11.7. The average molecular weight is 581 g/mol. The van der Waals surface area contributed by atoms with Crippen LogP contribution in [0.2, 0.25) is 0 Å². The number of nitrogens with one attached hydrogen (secondary N) is 1. The number of fused-ring (bicyclic) bond motifs is 3. The molecular formula is C33H42NO6S-. The van der Waals surface area contributed by atoms with Crippen molar-refractivity contribution in [3.63, 3.8) is 0 Å². The summed E-state index contributed by atoms with van der Waals surface area (Å²) in [4.78, 5) is 11.7. The van der Waals surface area contributed by atoms with Crippen LogP contribution in [0.3, 0.4) is 0 Å². The predicted octanol–water partition coefficient (Wildman–Crippen LogP) is 5.65. The van der Waals surface area contributed by atoms with E-state index in [1.165, 1.54) is 34.9 Å². The minimum absolute atomic E-state index is 0.0398. The summed E-state index contributed by atoms with van der Waals surface area (Å²) >= 11 is -2.01. The van der Waals surface area contributed by atoms with E-state index in [0.29, 0.717) is 32.6 Å². The van der Waals surface area contributed by atoms with Gasteiger partial charge in [0.2, 0.25) is 0 Å². The first-order chi connectivity index (χ1) is 19.9. The van der Waals surface area contributed by atoms with Crippen LogP contribution in [0.15, 0.2) is 59.9 Å². The molecule has 1 saturated heterocycles. The van der Waals surface area contributed by atoms with Crippen molar-refractivity contribution in [2.24, 2.45) is 11.8 Å². The second-order valence-corrected chi connectivity index (χ2v) is 11.8. The number of aryl methyl sites for hydroxylation is 2. The lowest BCUT2D eigenvalue weighted by Gasteiger charge is -2.18. The van der Waals surface area contributed by atoms with E-state index in [1.807, 2.05) is 19.1 Å². The van der Waals surface area contributed by atoms with Gasteiger partial charge in [0.25, 0.3) is 0 Å². The molecule has 0 aromatic heterocycles. The van der Waals surface area contributed by atoms with Gasteiger partial charge in [0.05, 0.1) is 26.7 Å². The molecule has 1 N–H and O–H groups in total. The lowest BCUT2D eigenvalue weighted by atomic mass is 9.94. The molecule has 2 aromatic rings. The fourth-order valence-corrected chi connectivity index (χ4v) is 6.16. The van der Waals surface area contributed by atoms with Crippen molar-refractivity contribution in [3.05, 3.63) is 76.6 Å². The number of allylic oxidation sites excluding steroid dienone is 2. The number of hydrogen-bond donors (Lipinski definition) is 1. The van der Waals surface area contributed by atoms with Crippen molar-refractivity contribution in [1.82, 2.24) is 5.32 Å². The first-order valence-corrected chi connectivity index (χ1v) is 15.9. The topological polar surface area (TPSA) is 96.9 Å². The fraction of sp³-hybridized carbons (Fsp3) is 0.485. The Morgan fingerprint density at radius 3 is 2.78 bits per heavy atom. The third-order valence-electron chi connectivity index (χ3n) is 8.07. The van der Waals surface area contributed by atoms with Crippen molar-refractivity contribution in [1.29, 1.82) is 0 Å². The summed E-state index contributed by atoms with van der Waals surface area (Å²) in [6, 6.07) is 13.1. The maximum atomic E-state index is 11.7. The summed E-state index contributed by atoms with van der Waals surface area (Å²) in [5.74, 6) is 1.92. The third-order valence-corrected chi connectivity index (χ3v) is 8.64. The molecule has 0 spiro atoms. The standard InChI is InChI=1S/C33H43NO6S/c1-4-23(14-16-41(36)37)21-39-28-11-12-30-26(18-28)8-6-7-25-10-9-24(17-31(25)30)20-34-15-13-32-29(5-2)27(22-40-32)19-33(35)38-3/h5,9-13,17-18,23,27,34H,4,6-8,14-16,19-22H2,1-3H3,(H,36,37)/p-1. The van der Waals surface area contributed by atoms with Gasteiger partial charge in [0.15, 0.2) is 0 Å². The zero-order valence-corrected chi connectivity index (χ0v) is 25.2. The molecule has 8 heteroatoms. The van der Waals surface area contributed by atoms with Crippen LogP contribution in [0.1, 0.15) is 56.2 Å². The summed E-state index contributed by atoms with van der Waals surface area (Å²) in [6.07, 6.45) is 9.05. The molecule has 1 fully saturated rings. The van der Waals surface area contributed by atoms with E-state index in [-0.39, 0.29) is 23.6 Å². The second-order valence-electron chi connectivity index (χ2n) is 10.8. The molecule has 0 bridgehead atoms. The SMILES string of the molecule is CC=C1C(=CCNCc2ccc3c(c2)-c2ccc(OCC(CC)CCS(=O)[O-])cc2CCC3)OCC1CC(=O)OC. The van der Waals surface area contributed by atoms with Crippen LogP contribution in [-0.2, 0) is 44.7 Å². The molecule has 4 rings (SSSR count). The quantitative estimate of drug-likeness (QED) is 0.186. The van der Waals surface area contributed by atoms with Crippen LogP contribution in [0, 0.1) is 11.8 Å². The number of benzene rings is 2. The van der Waals surface area contributed by atoms with Crippen LogP contribution in [-0.4, -0.2) is 47.4 Å². The molecule has 2 aromatic carbocycles. The Hall–Kier alpha value is -2.94. The summed E-state index contributed by atoms with van der Waals surface area (Å²) in [5, 5.41) is 3.51. The Bertz CT molecular complexity index is 1290. The van der Waals surface area contributed by atoms with Crippen LogP contribution in [0.5, 0.6) is 5.75 Å². The molecular weight excluding hydrogens is 538 g/mol. The highest BCUT2D eigenvalue weighted by molar-refractivity contribution is 7.79.